The molecule has 0 N–H and O–H groups in total. The van der Waals surface area contributed by atoms with E-state index in [9.17, 15) is 14.9 Å². The Morgan fingerprint density at radius 3 is 2.48 bits per heavy atom. The van der Waals surface area contributed by atoms with Crippen molar-refractivity contribution >= 4 is 56.3 Å². The van der Waals surface area contributed by atoms with Gasteiger partial charge in [-0.05, 0) is 54.1 Å². The summed E-state index contributed by atoms with van der Waals surface area (Å²) in [5.41, 5.74) is 2.20. The number of aliphatic imine (C=N–C) groups is 1. The van der Waals surface area contributed by atoms with E-state index in [0.717, 1.165) is 11.1 Å². The minimum absolute atomic E-state index is 0.00823. The molecule has 2 heterocycles. The third-order valence-corrected chi connectivity index (χ3v) is 6.07. The highest BCUT2D eigenvalue weighted by molar-refractivity contribution is 8.19. The standard InChI is InChI=1S/C20H14N4O3S2/c1-13(14-7-9-16(10-8-14)24(26)27)17-18(25)23(15-5-3-2-4-6-15)20(29-17)22-19-21-11-12-28-19/h2-12H,1H3/b17-13-,22-20+. The Bertz CT molecular complexity index is 1120. The van der Waals surface area contributed by atoms with Gasteiger partial charge in [-0.1, -0.05) is 18.2 Å². The van der Waals surface area contributed by atoms with Crippen molar-refractivity contribution in [2.24, 2.45) is 4.99 Å². The highest BCUT2D eigenvalue weighted by atomic mass is 32.2. The van der Waals surface area contributed by atoms with Crippen LogP contribution in [-0.2, 0) is 4.79 Å². The van der Waals surface area contributed by atoms with Crippen molar-refractivity contribution in [1.82, 2.24) is 4.98 Å². The van der Waals surface area contributed by atoms with Gasteiger partial charge in [-0.2, -0.15) is 4.99 Å². The van der Waals surface area contributed by atoms with Crippen LogP contribution in [0.3, 0.4) is 0 Å². The van der Waals surface area contributed by atoms with Crippen molar-refractivity contribution in [3.05, 3.63) is 86.8 Å². The summed E-state index contributed by atoms with van der Waals surface area (Å²) in [5.74, 6) is -0.188. The average Bonchev–Trinajstić information content (AvgIpc) is 3.36. The predicted octanol–water partition coefficient (Wildman–Crippen LogP) is 5.25. The molecule has 7 nitrogen and oxygen atoms in total. The SMILES string of the molecule is C/C(=C1/S/C(=N/c2nccs2)N(c2ccccc2)C1=O)c1ccc([N+](=O)[O-])cc1. The van der Waals surface area contributed by atoms with Gasteiger partial charge in [-0.25, -0.2) is 4.98 Å². The lowest BCUT2D eigenvalue weighted by Crippen LogP contribution is -2.28. The number of nitro benzene ring substituents is 1. The largest absolute Gasteiger partial charge is 0.271 e. The Balaban J connectivity index is 1.78. The summed E-state index contributed by atoms with van der Waals surface area (Å²) in [7, 11) is 0. The van der Waals surface area contributed by atoms with E-state index in [1.54, 1.807) is 23.2 Å². The Labute approximate surface area is 174 Å². The van der Waals surface area contributed by atoms with Crippen LogP contribution in [0.2, 0.25) is 0 Å². The number of nitrogens with zero attached hydrogens (tertiary/aromatic N) is 4. The lowest BCUT2D eigenvalue weighted by molar-refractivity contribution is -0.384. The van der Waals surface area contributed by atoms with Crippen molar-refractivity contribution in [1.29, 1.82) is 0 Å². The number of allylic oxidation sites excluding steroid dienone is 1. The summed E-state index contributed by atoms with van der Waals surface area (Å²) in [4.78, 5) is 34.6. The molecule has 3 aromatic rings. The van der Waals surface area contributed by atoms with E-state index in [2.05, 4.69) is 9.98 Å². The fraction of sp³-hybridized carbons (Fsp3) is 0.0500. The number of rotatable bonds is 4. The lowest BCUT2D eigenvalue weighted by atomic mass is 10.1. The third-order valence-electron chi connectivity index (χ3n) is 4.26. The van der Waals surface area contributed by atoms with E-state index >= 15 is 0 Å². The van der Waals surface area contributed by atoms with Gasteiger partial charge in [0.1, 0.15) is 0 Å². The number of anilines is 1. The molecule has 144 valence electrons. The zero-order valence-corrected chi connectivity index (χ0v) is 16.8. The van der Waals surface area contributed by atoms with E-state index in [4.69, 9.17) is 0 Å². The van der Waals surface area contributed by atoms with Crippen molar-refractivity contribution in [3.63, 3.8) is 0 Å². The predicted molar refractivity (Wildman–Crippen MR) is 116 cm³/mol. The third kappa shape index (κ3) is 3.82. The van der Waals surface area contributed by atoms with Crippen molar-refractivity contribution < 1.29 is 9.72 Å². The van der Waals surface area contributed by atoms with Crippen LogP contribution < -0.4 is 4.90 Å². The van der Waals surface area contributed by atoms with E-state index < -0.39 is 4.92 Å². The topological polar surface area (TPSA) is 88.7 Å². The minimum atomic E-state index is -0.447. The van der Waals surface area contributed by atoms with Crippen LogP contribution in [-0.4, -0.2) is 21.0 Å². The molecule has 2 aromatic carbocycles. The average molecular weight is 422 g/mol. The Kier molecular flexibility index (Phi) is 5.24. The van der Waals surface area contributed by atoms with Gasteiger partial charge in [0.2, 0.25) is 5.13 Å². The van der Waals surface area contributed by atoms with Crippen molar-refractivity contribution in [3.8, 4) is 0 Å². The maximum absolute atomic E-state index is 13.3. The number of amides is 1. The number of carbonyl (C=O) groups excluding carboxylic acids is 1. The normalized spacial score (nSPS) is 17.1. The quantitative estimate of drug-likeness (QED) is 0.325. The van der Waals surface area contributed by atoms with Crippen LogP contribution in [0.15, 0.2) is 76.1 Å². The number of para-hydroxylation sites is 1. The second kappa shape index (κ2) is 7.98. The number of non-ortho nitro benzene ring substituents is 1. The number of thioether (sulfide) groups is 1. The van der Waals surface area contributed by atoms with E-state index in [1.807, 2.05) is 42.6 Å². The molecule has 1 fully saturated rings. The summed E-state index contributed by atoms with van der Waals surface area (Å²) in [5, 5.41) is 13.8. The van der Waals surface area contributed by atoms with Crippen LogP contribution in [0.4, 0.5) is 16.5 Å². The van der Waals surface area contributed by atoms with Crippen LogP contribution in [0.25, 0.3) is 5.57 Å². The molecule has 1 amide bonds. The molecule has 0 saturated carbocycles. The molecule has 1 aliphatic rings. The first-order valence-electron chi connectivity index (χ1n) is 8.56. The molecule has 1 saturated heterocycles. The number of hydrogen-bond donors (Lipinski definition) is 0. The number of aromatic nitrogens is 1. The zero-order chi connectivity index (χ0) is 20.4. The van der Waals surface area contributed by atoms with Gasteiger partial charge in [-0.15, -0.1) is 11.3 Å². The van der Waals surface area contributed by atoms with Crippen LogP contribution in [0, 0.1) is 10.1 Å². The van der Waals surface area contributed by atoms with E-state index in [1.165, 1.54) is 35.2 Å². The molecule has 0 aliphatic carbocycles. The molecule has 9 heteroatoms. The smallest absolute Gasteiger partial charge is 0.268 e. The second-order valence-corrected chi connectivity index (χ2v) is 7.90. The van der Waals surface area contributed by atoms with Crippen molar-refractivity contribution in [2.45, 2.75) is 6.92 Å². The second-order valence-electron chi connectivity index (χ2n) is 6.05. The fourth-order valence-electron chi connectivity index (χ4n) is 2.80. The summed E-state index contributed by atoms with van der Waals surface area (Å²) in [6.45, 7) is 1.83. The van der Waals surface area contributed by atoms with Crippen LogP contribution in [0.1, 0.15) is 12.5 Å². The first-order chi connectivity index (χ1) is 14.0. The van der Waals surface area contributed by atoms with E-state index in [0.29, 0.717) is 20.9 Å². The summed E-state index contributed by atoms with van der Waals surface area (Å²) >= 11 is 2.66. The maximum Gasteiger partial charge on any atom is 0.271 e. The number of nitro groups is 1. The van der Waals surface area contributed by atoms with E-state index in [-0.39, 0.29) is 11.6 Å². The highest BCUT2D eigenvalue weighted by Gasteiger charge is 2.36. The van der Waals surface area contributed by atoms with Crippen LogP contribution >= 0.6 is 23.1 Å². The molecule has 0 spiro atoms. The molecule has 0 unspecified atom stereocenters. The fourth-order valence-corrected chi connectivity index (χ4v) is 4.41. The number of hydrogen-bond acceptors (Lipinski definition) is 7. The summed E-state index contributed by atoms with van der Waals surface area (Å²) < 4.78 is 0. The molecular formula is C20H14N4O3S2. The molecular weight excluding hydrogens is 408 g/mol. The number of thiazole rings is 1. The molecule has 0 atom stereocenters. The Morgan fingerprint density at radius 1 is 1.14 bits per heavy atom. The van der Waals surface area contributed by atoms with Gasteiger partial charge in [0.05, 0.1) is 15.5 Å². The Morgan fingerprint density at radius 2 is 1.86 bits per heavy atom. The zero-order valence-electron chi connectivity index (χ0n) is 15.2. The van der Waals surface area contributed by atoms with Gasteiger partial charge in [0.25, 0.3) is 11.6 Å². The highest BCUT2D eigenvalue weighted by Crippen LogP contribution is 2.40. The molecule has 0 radical (unpaired) electrons. The molecule has 29 heavy (non-hydrogen) atoms. The number of benzene rings is 2. The maximum atomic E-state index is 13.3. The number of amidine groups is 1. The first-order valence-corrected chi connectivity index (χ1v) is 10.3. The molecule has 1 aliphatic heterocycles. The lowest BCUT2D eigenvalue weighted by Gasteiger charge is -2.15. The Hall–Kier alpha value is -3.30. The van der Waals surface area contributed by atoms with Crippen molar-refractivity contribution in [2.75, 3.05) is 4.90 Å². The van der Waals surface area contributed by atoms with Gasteiger partial charge < -0.3 is 0 Å². The van der Waals surface area contributed by atoms with Gasteiger partial charge in [-0.3, -0.25) is 19.8 Å². The molecule has 0 bridgehead atoms. The minimum Gasteiger partial charge on any atom is -0.268 e. The van der Waals surface area contributed by atoms with Gasteiger partial charge >= 0.3 is 0 Å². The summed E-state index contributed by atoms with van der Waals surface area (Å²) in [6, 6.07) is 15.5. The number of carbonyl (C=O) groups is 1. The monoisotopic (exact) mass is 422 g/mol. The molecule has 1 aromatic heterocycles. The van der Waals surface area contributed by atoms with Gasteiger partial charge in [0.15, 0.2) is 5.17 Å². The van der Waals surface area contributed by atoms with Gasteiger partial charge in [0, 0.05) is 23.7 Å². The molecule has 4 rings (SSSR count). The first kappa shape index (κ1) is 19.0. The summed E-state index contributed by atoms with van der Waals surface area (Å²) in [6.07, 6.45) is 1.66. The van der Waals surface area contributed by atoms with Crippen LogP contribution in [0.5, 0.6) is 0 Å².